The summed E-state index contributed by atoms with van der Waals surface area (Å²) in [5.41, 5.74) is 2.39. The van der Waals surface area contributed by atoms with Crippen LogP contribution in [0.5, 0.6) is 0 Å². The van der Waals surface area contributed by atoms with E-state index < -0.39 is 6.10 Å². The zero-order valence-corrected chi connectivity index (χ0v) is 15.4. The minimum atomic E-state index is -0.449. The maximum absolute atomic E-state index is 13.1. The van der Waals surface area contributed by atoms with Crippen molar-refractivity contribution in [1.82, 2.24) is 4.90 Å². The number of hydrogen-bond acceptors (Lipinski definition) is 3. The fourth-order valence-corrected chi connectivity index (χ4v) is 3.44. The van der Waals surface area contributed by atoms with Gasteiger partial charge in [0, 0.05) is 26.1 Å². The average Bonchev–Trinajstić information content (AvgIpc) is 2.55. The smallest absolute Gasteiger partial charge is 0.226 e. The molecule has 0 aromatic heterocycles. The predicted molar refractivity (Wildman–Crippen MR) is 95.6 cm³/mol. The van der Waals surface area contributed by atoms with E-state index in [1.807, 2.05) is 4.90 Å². The second-order valence-electron chi connectivity index (χ2n) is 7.45. The van der Waals surface area contributed by atoms with E-state index in [1.54, 1.807) is 7.11 Å². The van der Waals surface area contributed by atoms with Crippen LogP contribution in [0.1, 0.15) is 44.2 Å². The second-order valence-corrected chi connectivity index (χ2v) is 7.45. The zero-order valence-electron chi connectivity index (χ0n) is 15.4. The molecule has 0 aliphatic heterocycles. The van der Waals surface area contributed by atoms with E-state index in [0.717, 1.165) is 18.5 Å². The first-order valence-electron chi connectivity index (χ1n) is 8.96. The van der Waals surface area contributed by atoms with Gasteiger partial charge in [0.2, 0.25) is 5.91 Å². The summed E-state index contributed by atoms with van der Waals surface area (Å²) >= 11 is 0. The van der Waals surface area contributed by atoms with Crippen LogP contribution in [0.15, 0.2) is 24.3 Å². The third kappa shape index (κ3) is 5.05. The Morgan fingerprint density at radius 1 is 1.29 bits per heavy atom. The van der Waals surface area contributed by atoms with Crippen LogP contribution in [0.25, 0.3) is 0 Å². The molecular weight excluding hydrogens is 302 g/mol. The largest absolute Gasteiger partial charge is 0.390 e. The Bertz CT molecular complexity index is 526. The van der Waals surface area contributed by atoms with Gasteiger partial charge in [-0.2, -0.15) is 0 Å². The summed E-state index contributed by atoms with van der Waals surface area (Å²) < 4.78 is 5.36. The molecule has 24 heavy (non-hydrogen) atoms. The van der Waals surface area contributed by atoms with Crippen LogP contribution in [0.2, 0.25) is 0 Å². The lowest BCUT2D eigenvalue weighted by atomic mass is 9.84. The molecule has 1 amide bonds. The molecule has 3 atom stereocenters. The van der Waals surface area contributed by atoms with Gasteiger partial charge in [0.05, 0.1) is 12.2 Å². The molecule has 1 aromatic rings. The van der Waals surface area contributed by atoms with Crippen molar-refractivity contribution in [2.45, 2.75) is 58.8 Å². The van der Waals surface area contributed by atoms with Crippen molar-refractivity contribution in [3.63, 3.8) is 0 Å². The Morgan fingerprint density at radius 3 is 2.54 bits per heavy atom. The predicted octanol–water partition coefficient (Wildman–Crippen LogP) is 3.16. The normalized spacial score (nSPS) is 24.2. The van der Waals surface area contributed by atoms with E-state index in [-0.39, 0.29) is 17.9 Å². The van der Waals surface area contributed by atoms with Crippen molar-refractivity contribution < 1.29 is 14.6 Å². The highest BCUT2D eigenvalue weighted by atomic mass is 16.5. The van der Waals surface area contributed by atoms with E-state index >= 15 is 0 Å². The van der Waals surface area contributed by atoms with E-state index in [0.29, 0.717) is 25.3 Å². The van der Waals surface area contributed by atoms with Gasteiger partial charge in [-0.3, -0.25) is 4.79 Å². The van der Waals surface area contributed by atoms with E-state index in [2.05, 4.69) is 45.0 Å². The van der Waals surface area contributed by atoms with Crippen LogP contribution in [0.4, 0.5) is 0 Å². The minimum absolute atomic E-state index is 0.0532. The molecular formula is C20H31NO3. The molecule has 4 nitrogen and oxygen atoms in total. The van der Waals surface area contributed by atoms with Crippen LogP contribution >= 0.6 is 0 Å². The molecule has 1 N–H and O–H groups in total. The van der Waals surface area contributed by atoms with Crippen molar-refractivity contribution in [3.05, 3.63) is 35.4 Å². The van der Waals surface area contributed by atoms with Gasteiger partial charge < -0.3 is 14.7 Å². The van der Waals surface area contributed by atoms with Gasteiger partial charge in [0.25, 0.3) is 0 Å². The maximum atomic E-state index is 13.1. The summed E-state index contributed by atoms with van der Waals surface area (Å²) in [7, 11) is 1.61. The lowest BCUT2D eigenvalue weighted by Crippen LogP contribution is -2.44. The highest BCUT2D eigenvalue weighted by molar-refractivity contribution is 5.79. The first-order valence-corrected chi connectivity index (χ1v) is 8.96. The van der Waals surface area contributed by atoms with E-state index in [4.69, 9.17) is 4.74 Å². The molecule has 1 saturated carbocycles. The first kappa shape index (κ1) is 18.9. The lowest BCUT2D eigenvalue weighted by molar-refractivity contribution is -0.142. The maximum Gasteiger partial charge on any atom is 0.226 e. The fraction of sp³-hybridized carbons (Fsp3) is 0.650. The molecule has 0 radical (unpaired) electrons. The molecule has 0 heterocycles. The van der Waals surface area contributed by atoms with Gasteiger partial charge in [-0.25, -0.2) is 0 Å². The molecule has 0 spiro atoms. The fourth-order valence-electron chi connectivity index (χ4n) is 3.44. The number of carbonyl (C=O) groups excluding carboxylic acids is 1. The summed E-state index contributed by atoms with van der Waals surface area (Å²) in [6.07, 6.45) is 1.30. The number of amides is 1. The van der Waals surface area contributed by atoms with Crippen molar-refractivity contribution in [2.75, 3.05) is 13.7 Å². The highest BCUT2D eigenvalue weighted by Gasteiger charge is 2.35. The van der Waals surface area contributed by atoms with Gasteiger partial charge in [0.1, 0.15) is 0 Å². The molecule has 134 valence electrons. The Kier molecular flexibility index (Phi) is 6.81. The molecule has 0 unspecified atom stereocenters. The lowest BCUT2D eigenvalue weighted by Gasteiger charge is -2.35. The van der Waals surface area contributed by atoms with Gasteiger partial charge in [0.15, 0.2) is 0 Å². The van der Waals surface area contributed by atoms with E-state index in [1.165, 1.54) is 5.56 Å². The van der Waals surface area contributed by atoms with Crippen LogP contribution in [-0.2, 0) is 16.1 Å². The quantitative estimate of drug-likeness (QED) is 0.870. The SMILES string of the molecule is CO[C@@H]1C[C@H](C(=O)N(Cc2ccc(C)cc2)CC(C)C)CC[C@@H]1O. The number of carbonyl (C=O) groups is 1. The van der Waals surface area contributed by atoms with Crippen LogP contribution < -0.4 is 0 Å². The average molecular weight is 333 g/mol. The van der Waals surface area contributed by atoms with Gasteiger partial charge in [-0.15, -0.1) is 0 Å². The molecule has 4 heteroatoms. The van der Waals surface area contributed by atoms with Crippen molar-refractivity contribution in [2.24, 2.45) is 11.8 Å². The van der Waals surface area contributed by atoms with Gasteiger partial charge in [-0.05, 0) is 37.7 Å². The number of rotatable bonds is 6. The van der Waals surface area contributed by atoms with Crippen molar-refractivity contribution in [3.8, 4) is 0 Å². The number of methoxy groups -OCH3 is 1. The summed E-state index contributed by atoms with van der Waals surface area (Å²) in [6.45, 7) is 7.74. The van der Waals surface area contributed by atoms with Gasteiger partial charge >= 0.3 is 0 Å². The number of aliphatic hydroxyl groups excluding tert-OH is 1. The Labute approximate surface area is 145 Å². The molecule has 1 fully saturated rings. The number of ether oxygens (including phenoxy) is 1. The van der Waals surface area contributed by atoms with Gasteiger partial charge in [-0.1, -0.05) is 43.7 Å². The number of nitrogens with zero attached hydrogens (tertiary/aromatic N) is 1. The Balaban J connectivity index is 2.08. The third-order valence-electron chi connectivity index (χ3n) is 4.80. The molecule has 1 aromatic carbocycles. The topological polar surface area (TPSA) is 49.8 Å². The summed E-state index contributed by atoms with van der Waals surface area (Å²) in [5, 5.41) is 9.96. The summed E-state index contributed by atoms with van der Waals surface area (Å²) in [4.78, 5) is 15.0. The van der Waals surface area contributed by atoms with Crippen molar-refractivity contribution in [1.29, 1.82) is 0 Å². The Hall–Kier alpha value is -1.39. The van der Waals surface area contributed by atoms with Crippen LogP contribution in [0, 0.1) is 18.8 Å². The van der Waals surface area contributed by atoms with Crippen LogP contribution in [0.3, 0.4) is 0 Å². The number of aliphatic hydroxyl groups is 1. The number of aryl methyl sites for hydroxylation is 1. The van der Waals surface area contributed by atoms with Crippen LogP contribution in [-0.4, -0.2) is 41.8 Å². The minimum Gasteiger partial charge on any atom is -0.390 e. The zero-order chi connectivity index (χ0) is 17.7. The summed E-state index contributed by atoms with van der Waals surface area (Å²) in [5.74, 6) is 0.563. The second kappa shape index (κ2) is 8.63. The Morgan fingerprint density at radius 2 is 1.96 bits per heavy atom. The van der Waals surface area contributed by atoms with E-state index in [9.17, 15) is 9.90 Å². The molecule has 1 aliphatic carbocycles. The molecule has 2 rings (SSSR count). The molecule has 1 aliphatic rings. The number of hydrogen-bond donors (Lipinski definition) is 1. The van der Waals surface area contributed by atoms with Crippen molar-refractivity contribution >= 4 is 5.91 Å². The first-order chi connectivity index (χ1) is 11.4. The molecule has 0 bridgehead atoms. The summed E-state index contributed by atoms with van der Waals surface area (Å²) in [6, 6.07) is 8.37. The third-order valence-corrected chi connectivity index (χ3v) is 4.80. The standard InChI is InChI=1S/C20H31NO3/c1-14(2)12-21(13-16-7-5-15(3)6-8-16)20(23)17-9-10-18(22)19(11-17)24-4/h5-8,14,17-19,22H,9-13H2,1-4H3/t17-,18+,19-/m1/s1. The monoisotopic (exact) mass is 333 g/mol. The molecule has 0 saturated heterocycles. The number of benzene rings is 1. The highest BCUT2D eigenvalue weighted by Crippen LogP contribution is 2.29.